The standard InChI is InChI=1S/C20H28N2O3S/c1-4-22(5-2)26(24,25)16-11-15(9-6-12(16)3)21-20(23)19-17-13-7-8-14(10-13)18(17)19/h6,9,11,13-14,17-19H,4-5,7-8,10H2,1-3H3,(H,21,23)/t13-,14-,17+,18+/m0/s1. The lowest BCUT2D eigenvalue weighted by molar-refractivity contribution is -0.118. The SMILES string of the molecule is CCN(CC)S(=O)(=O)c1cc(NC(=O)C2[C@@H]3[C@H]4CC[C@@H](C4)[C@@H]23)ccc1C. The highest BCUT2D eigenvalue weighted by Gasteiger charge is 2.67. The molecular formula is C20H28N2O3S. The minimum Gasteiger partial charge on any atom is -0.326 e. The molecule has 4 rings (SSSR count). The first kappa shape index (κ1) is 18.0. The van der Waals surface area contributed by atoms with Crippen LogP contribution in [0.3, 0.4) is 0 Å². The van der Waals surface area contributed by atoms with Crippen molar-refractivity contribution in [3.8, 4) is 0 Å². The van der Waals surface area contributed by atoms with E-state index in [0.717, 1.165) is 11.8 Å². The van der Waals surface area contributed by atoms with Crippen LogP contribution < -0.4 is 5.32 Å². The number of anilines is 1. The van der Waals surface area contributed by atoms with Crippen LogP contribution in [-0.4, -0.2) is 31.7 Å². The number of sulfonamides is 1. The quantitative estimate of drug-likeness (QED) is 0.829. The number of carbonyl (C=O) groups excluding carboxylic acids is 1. The molecule has 0 unspecified atom stereocenters. The molecule has 3 fully saturated rings. The van der Waals surface area contributed by atoms with E-state index in [-0.39, 0.29) is 16.7 Å². The number of rotatable bonds is 6. The molecule has 3 saturated carbocycles. The topological polar surface area (TPSA) is 66.5 Å². The Labute approximate surface area is 156 Å². The molecule has 1 N–H and O–H groups in total. The normalized spacial score (nSPS) is 31.9. The predicted octanol–water partition coefficient (Wildman–Crippen LogP) is 3.26. The second kappa shape index (κ2) is 6.34. The summed E-state index contributed by atoms with van der Waals surface area (Å²) in [5.41, 5.74) is 1.29. The molecule has 3 aliphatic rings. The summed E-state index contributed by atoms with van der Waals surface area (Å²) in [7, 11) is -3.54. The number of nitrogens with one attached hydrogen (secondary N) is 1. The molecule has 0 aliphatic heterocycles. The van der Waals surface area contributed by atoms with Crippen molar-refractivity contribution >= 4 is 21.6 Å². The van der Waals surface area contributed by atoms with Crippen LogP contribution in [0.4, 0.5) is 5.69 Å². The first-order valence-electron chi connectivity index (χ1n) is 9.80. The second-order valence-electron chi connectivity index (χ2n) is 8.07. The number of nitrogens with zero attached hydrogens (tertiary/aromatic N) is 1. The minimum atomic E-state index is -3.54. The van der Waals surface area contributed by atoms with Gasteiger partial charge in [-0.1, -0.05) is 19.9 Å². The molecule has 0 heterocycles. The maximum Gasteiger partial charge on any atom is 0.243 e. The van der Waals surface area contributed by atoms with Gasteiger partial charge in [0.2, 0.25) is 15.9 Å². The van der Waals surface area contributed by atoms with Crippen molar-refractivity contribution in [3.63, 3.8) is 0 Å². The van der Waals surface area contributed by atoms with Crippen LogP contribution in [0.2, 0.25) is 0 Å². The van der Waals surface area contributed by atoms with Crippen molar-refractivity contribution in [1.82, 2.24) is 4.31 Å². The number of aryl methyl sites for hydroxylation is 1. The fourth-order valence-corrected chi connectivity index (χ4v) is 7.27. The smallest absolute Gasteiger partial charge is 0.243 e. The molecule has 0 radical (unpaired) electrons. The summed E-state index contributed by atoms with van der Waals surface area (Å²) in [6, 6.07) is 5.21. The van der Waals surface area contributed by atoms with Gasteiger partial charge < -0.3 is 5.32 Å². The van der Waals surface area contributed by atoms with Gasteiger partial charge in [0.1, 0.15) is 0 Å². The van der Waals surface area contributed by atoms with Gasteiger partial charge >= 0.3 is 0 Å². The third kappa shape index (κ3) is 2.69. The zero-order valence-electron chi connectivity index (χ0n) is 15.7. The molecule has 26 heavy (non-hydrogen) atoms. The summed E-state index contributed by atoms with van der Waals surface area (Å²) in [6.07, 6.45) is 3.88. The highest BCUT2D eigenvalue weighted by atomic mass is 32.2. The van der Waals surface area contributed by atoms with Gasteiger partial charge in [-0.3, -0.25) is 4.79 Å². The van der Waals surface area contributed by atoms with Gasteiger partial charge in [0.15, 0.2) is 0 Å². The van der Waals surface area contributed by atoms with Gasteiger partial charge in [-0.05, 0) is 67.6 Å². The molecular weight excluding hydrogens is 348 g/mol. The fourth-order valence-electron chi connectivity index (χ4n) is 5.56. The molecule has 5 nitrogen and oxygen atoms in total. The largest absolute Gasteiger partial charge is 0.326 e. The lowest BCUT2D eigenvalue weighted by Gasteiger charge is -2.20. The molecule has 0 aromatic heterocycles. The van der Waals surface area contributed by atoms with Crippen LogP contribution in [0.5, 0.6) is 0 Å². The van der Waals surface area contributed by atoms with E-state index in [1.54, 1.807) is 25.1 Å². The van der Waals surface area contributed by atoms with E-state index in [4.69, 9.17) is 0 Å². The Morgan fingerprint density at radius 3 is 2.35 bits per heavy atom. The number of carbonyl (C=O) groups is 1. The summed E-state index contributed by atoms with van der Waals surface area (Å²) < 4.78 is 27.2. The first-order chi connectivity index (χ1) is 12.4. The molecule has 6 heteroatoms. The number of hydrogen-bond acceptors (Lipinski definition) is 3. The van der Waals surface area contributed by atoms with Crippen LogP contribution >= 0.6 is 0 Å². The van der Waals surface area contributed by atoms with Crippen LogP contribution in [0.15, 0.2) is 23.1 Å². The van der Waals surface area contributed by atoms with Crippen LogP contribution in [0, 0.1) is 36.5 Å². The lowest BCUT2D eigenvalue weighted by Crippen LogP contribution is -2.31. The molecule has 1 aromatic carbocycles. The van der Waals surface area contributed by atoms with Crippen molar-refractivity contribution in [3.05, 3.63) is 23.8 Å². The first-order valence-corrected chi connectivity index (χ1v) is 11.2. The number of hydrogen-bond donors (Lipinski definition) is 1. The van der Waals surface area contributed by atoms with E-state index >= 15 is 0 Å². The molecule has 2 bridgehead atoms. The third-order valence-corrected chi connectivity index (χ3v) is 9.01. The van der Waals surface area contributed by atoms with Crippen molar-refractivity contribution in [2.75, 3.05) is 18.4 Å². The highest BCUT2D eigenvalue weighted by molar-refractivity contribution is 7.89. The molecule has 142 valence electrons. The lowest BCUT2D eigenvalue weighted by atomic mass is 10.0. The van der Waals surface area contributed by atoms with Crippen molar-refractivity contribution in [1.29, 1.82) is 0 Å². The molecule has 3 aliphatic carbocycles. The summed E-state index contributed by atoms with van der Waals surface area (Å²) >= 11 is 0. The maximum absolute atomic E-state index is 12.9. The van der Waals surface area contributed by atoms with E-state index in [0.29, 0.717) is 36.2 Å². The summed E-state index contributed by atoms with van der Waals surface area (Å²) in [5.74, 6) is 2.88. The average molecular weight is 377 g/mol. The zero-order valence-corrected chi connectivity index (χ0v) is 16.6. The molecule has 1 amide bonds. The molecule has 4 atom stereocenters. The maximum atomic E-state index is 12.9. The van der Waals surface area contributed by atoms with Crippen LogP contribution in [0.1, 0.15) is 38.7 Å². The Balaban J connectivity index is 1.53. The van der Waals surface area contributed by atoms with E-state index in [1.165, 1.54) is 23.6 Å². The fraction of sp³-hybridized carbons (Fsp3) is 0.650. The van der Waals surface area contributed by atoms with Gasteiger partial charge in [0, 0.05) is 24.7 Å². The summed E-state index contributed by atoms with van der Waals surface area (Å²) in [6.45, 7) is 6.33. The van der Waals surface area contributed by atoms with Gasteiger partial charge in [-0.25, -0.2) is 8.42 Å². The van der Waals surface area contributed by atoms with E-state index in [2.05, 4.69) is 5.32 Å². The van der Waals surface area contributed by atoms with Gasteiger partial charge in [0.05, 0.1) is 4.90 Å². The van der Waals surface area contributed by atoms with E-state index in [1.807, 2.05) is 13.8 Å². The predicted molar refractivity (Wildman–Crippen MR) is 101 cm³/mol. The Morgan fingerprint density at radius 1 is 1.15 bits per heavy atom. The number of benzene rings is 1. The van der Waals surface area contributed by atoms with Gasteiger partial charge in [-0.2, -0.15) is 4.31 Å². The van der Waals surface area contributed by atoms with Gasteiger partial charge in [-0.15, -0.1) is 0 Å². The number of amides is 1. The van der Waals surface area contributed by atoms with Gasteiger partial charge in [0.25, 0.3) is 0 Å². The van der Waals surface area contributed by atoms with Crippen molar-refractivity contribution in [2.45, 2.75) is 44.9 Å². The minimum absolute atomic E-state index is 0.0756. The Hall–Kier alpha value is -1.40. The molecule has 0 saturated heterocycles. The second-order valence-corrected chi connectivity index (χ2v) is 9.98. The van der Waals surface area contributed by atoms with Crippen LogP contribution in [-0.2, 0) is 14.8 Å². The number of fused-ring (bicyclic) bond motifs is 5. The Morgan fingerprint density at radius 2 is 1.77 bits per heavy atom. The summed E-state index contributed by atoms with van der Waals surface area (Å²) in [5, 5.41) is 2.99. The highest BCUT2D eigenvalue weighted by Crippen LogP contribution is 2.69. The molecule has 0 spiro atoms. The Bertz CT molecular complexity index is 815. The average Bonchev–Trinajstić information content (AvgIpc) is 3.05. The monoisotopic (exact) mass is 376 g/mol. The van der Waals surface area contributed by atoms with E-state index in [9.17, 15) is 13.2 Å². The van der Waals surface area contributed by atoms with Crippen LogP contribution in [0.25, 0.3) is 0 Å². The Kier molecular flexibility index (Phi) is 4.39. The summed E-state index contributed by atoms with van der Waals surface area (Å²) in [4.78, 5) is 13.0. The van der Waals surface area contributed by atoms with E-state index < -0.39 is 10.0 Å². The third-order valence-electron chi connectivity index (χ3n) is 6.82. The van der Waals surface area contributed by atoms with Crippen molar-refractivity contribution in [2.24, 2.45) is 29.6 Å². The zero-order chi connectivity index (χ0) is 18.6. The van der Waals surface area contributed by atoms with Crippen molar-refractivity contribution < 1.29 is 13.2 Å². The molecule has 1 aromatic rings.